The first-order valence-electron chi connectivity index (χ1n) is 6.31. The highest BCUT2D eigenvalue weighted by atomic mass is 14.9. The van der Waals surface area contributed by atoms with E-state index in [-0.39, 0.29) is 6.04 Å². The topological polar surface area (TPSA) is 12.0 Å². The zero-order valence-electron chi connectivity index (χ0n) is 10.2. The van der Waals surface area contributed by atoms with Crippen LogP contribution in [0.3, 0.4) is 0 Å². The van der Waals surface area contributed by atoms with Crippen molar-refractivity contribution in [1.82, 2.24) is 5.32 Å². The molecular weight excluding hydrogens is 218 g/mol. The maximum absolute atomic E-state index is 3.47. The predicted octanol–water partition coefficient (Wildman–Crippen LogP) is 2.93. The summed E-state index contributed by atoms with van der Waals surface area (Å²) in [7, 11) is 0. The molecule has 0 aromatic heterocycles. The van der Waals surface area contributed by atoms with Gasteiger partial charge in [0.1, 0.15) is 0 Å². The van der Waals surface area contributed by atoms with Crippen LogP contribution in [0.15, 0.2) is 54.6 Å². The normalized spacial score (nSPS) is 17.4. The van der Waals surface area contributed by atoms with E-state index >= 15 is 0 Å². The molecule has 1 atom stereocenters. The highest BCUT2D eigenvalue weighted by molar-refractivity contribution is 5.41. The lowest BCUT2D eigenvalue weighted by atomic mass is 9.94. The Morgan fingerprint density at radius 3 is 2.61 bits per heavy atom. The third-order valence-corrected chi connectivity index (χ3v) is 3.24. The fraction of sp³-hybridized carbons (Fsp3) is 0.176. The van der Waals surface area contributed by atoms with Crippen LogP contribution < -0.4 is 5.32 Å². The molecule has 18 heavy (non-hydrogen) atoms. The van der Waals surface area contributed by atoms with Crippen molar-refractivity contribution in [2.45, 2.75) is 12.5 Å². The summed E-state index contributed by atoms with van der Waals surface area (Å²) in [5, 5.41) is 3.47. The highest BCUT2D eigenvalue weighted by Crippen LogP contribution is 2.21. The first kappa shape index (κ1) is 11.1. The largest absolute Gasteiger partial charge is 0.300 e. The molecule has 1 unspecified atom stereocenters. The molecule has 1 nitrogen and oxygen atoms in total. The van der Waals surface area contributed by atoms with E-state index in [9.17, 15) is 0 Å². The van der Waals surface area contributed by atoms with E-state index in [0.717, 1.165) is 18.5 Å². The van der Waals surface area contributed by atoms with Crippen LogP contribution in [-0.2, 0) is 6.42 Å². The van der Waals surface area contributed by atoms with Crippen molar-refractivity contribution in [1.29, 1.82) is 0 Å². The third kappa shape index (κ3) is 2.30. The molecule has 2 aromatic rings. The van der Waals surface area contributed by atoms with Crippen LogP contribution in [0.25, 0.3) is 0 Å². The monoisotopic (exact) mass is 233 g/mol. The Hall–Kier alpha value is -2.04. The maximum Gasteiger partial charge on any atom is 0.0952 e. The second kappa shape index (κ2) is 5.08. The summed E-state index contributed by atoms with van der Waals surface area (Å²) in [5.74, 6) is 6.58. The van der Waals surface area contributed by atoms with E-state index in [1.807, 2.05) is 30.3 Å². The van der Waals surface area contributed by atoms with Gasteiger partial charge in [0.05, 0.1) is 6.04 Å². The van der Waals surface area contributed by atoms with Gasteiger partial charge in [-0.3, -0.25) is 5.32 Å². The van der Waals surface area contributed by atoms with E-state index < -0.39 is 0 Å². The van der Waals surface area contributed by atoms with Crippen molar-refractivity contribution >= 4 is 0 Å². The molecule has 0 aliphatic carbocycles. The van der Waals surface area contributed by atoms with Crippen LogP contribution in [0.1, 0.15) is 22.7 Å². The molecule has 0 radical (unpaired) electrons. The predicted molar refractivity (Wildman–Crippen MR) is 74.2 cm³/mol. The van der Waals surface area contributed by atoms with Crippen molar-refractivity contribution < 1.29 is 0 Å². The van der Waals surface area contributed by atoms with Crippen LogP contribution in [0.5, 0.6) is 0 Å². The van der Waals surface area contributed by atoms with E-state index in [4.69, 9.17) is 0 Å². The average molecular weight is 233 g/mol. The van der Waals surface area contributed by atoms with Crippen LogP contribution in [0.4, 0.5) is 0 Å². The highest BCUT2D eigenvalue weighted by Gasteiger charge is 2.16. The molecular formula is C17H15N. The molecule has 1 N–H and O–H groups in total. The summed E-state index contributed by atoms with van der Waals surface area (Å²) < 4.78 is 0. The van der Waals surface area contributed by atoms with Gasteiger partial charge in [0.15, 0.2) is 0 Å². The molecule has 0 saturated carbocycles. The molecule has 2 aromatic carbocycles. The van der Waals surface area contributed by atoms with Crippen LogP contribution in [-0.4, -0.2) is 6.54 Å². The summed E-state index contributed by atoms with van der Waals surface area (Å²) >= 11 is 0. The van der Waals surface area contributed by atoms with Crippen molar-refractivity contribution in [3.63, 3.8) is 0 Å². The Balaban J connectivity index is 1.89. The second-order valence-corrected chi connectivity index (χ2v) is 4.47. The minimum absolute atomic E-state index is 0.162. The molecule has 1 heterocycles. The lowest BCUT2D eigenvalue weighted by Crippen LogP contribution is -2.28. The number of benzene rings is 2. The molecule has 3 rings (SSSR count). The molecule has 0 bridgehead atoms. The number of fused-ring (bicyclic) bond motifs is 1. The Kier molecular flexibility index (Phi) is 3.12. The molecule has 1 heteroatoms. The zero-order valence-corrected chi connectivity index (χ0v) is 10.2. The molecule has 1 aliphatic heterocycles. The van der Waals surface area contributed by atoms with Crippen molar-refractivity contribution in [3.8, 4) is 11.8 Å². The van der Waals surface area contributed by atoms with Gasteiger partial charge in [-0.15, -0.1) is 0 Å². The first-order chi connectivity index (χ1) is 8.93. The van der Waals surface area contributed by atoms with Gasteiger partial charge in [-0.25, -0.2) is 0 Å². The van der Waals surface area contributed by atoms with Gasteiger partial charge in [0.2, 0.25) is 0 Å². The number of hydrogen-bond acceptors (Lipinski definition) is 1. The van der Waals surface area contributed by atoms with Crippen LogP contribution >= 0.6 is 0 Å². The number of hydrogen-bond donors (Lipinski definition) is 1. The van der Waals surface area contributed by atoms with Crippen molar-refractivity contribution in [3.05, 3.63) is 71.3 Å². The van der Waals surface area contributed by atoms with Crippen molar-refractivity contribution in [2.75, 3.05) is 6.54 Å². The number of rotatable bonds is 0. The molecule has 1 aliphatic rings. The van der Waals surface area contributed by atoms with Gasteiger partial charge in [0, 0.05) is 12.1 Å². The summed E-state index contributed by atoms with van der Waals surface area (Å²) in [6.45, 7) is 1.01. The van der Waals surface area contributed by atoms with Gasteiger partial charge in [0.25, 0.3) is 0 Å². The molecule has 0 fully saturated rings. The summed E-state index contributed by atoms with van der Waals surface area (Å²) in [5.41, 5.74) is 3.82. The second-order valence-electron chi connectivity index (χ2n) is 4.47. The minimum atomic E-state index is 0.162. The standard InChI is InChI=1S/C17H15N/c1-2-6-14(7-3-1)10-11-17-16-9-5-4-8-15(16)12-13-18-17/h1-9,17-18H,12-13H2. The summed E-state index contributed by atoms with van der Waals surface area (Å²) in [6, 6.07) is 18.9. The lowest BCUT2D eigenvalue weighted by molar-refractivity contribution is 0.594. The molecule has 0 spiro atoms. The van der Waals surface area contributed by atoms with E-state index in [2.05, 4.69) is 41.4 Å². The lowest BCUT2D eigenvalue weighted by Gasteiger charge is -2.22. The maximum atomic E-state index is 3.47. The first-order valence-corrected chi connectivity index (χ1v) is 6.31. The van der Waals surface area contributed by atoms with E-state index in [1.165, 1.54) is 11.1 Å². The molecule has 88 valence electrons. The van der Waals surface area contributed by atoms with Gasteiger partial charge >= 0.3 is 0 Å². The molecule has 0 saturated heterocycles. The van der Waals surface area contributed by atoms with Gasteiger partial charge in [-0.2, -0.15) is 0 Å². The summed E-state index contributed by atoms with van der Waals surface area (Å²) in [6.07, 6.45) is 1.10. The third-order valence-electron chi connectivity index (χ3n) is 3.24. The van der Waals surface area contributed by atoms with Crippen molar-refractivity contribution in [2.24, 2.45) is 0 Å². The minimum Gasteiger partial charge on any atom is -0.300 e. The number of nitrogens with one attached hydrogen (secondary N) is 1. The van der Waals surface area contributed by atoms with Crippen LogP contribution in [0.2, 0.25) is 0 Å². The van der Waals surface area contributed by atoms with Gasteiger partial charge in [-0.05, 0) is 29.7 Å². The Bertz CT molecular complexity index is 590. The SMILES string of the molecule is C(#CC1NCCc2ccccc21)c1ccccc1. The smallest absolute Gasteiger partial charge is 0.0952 e. The molecule has 0 amide bonds. The average Bonchev–Trinajstić information content (AvgIpc) is 2.46. The summed E-state index contributed by atoms with van der Waals surface area (Å²) in [4.78, 5) is 0. The van der Waals surface area contributed by atoms with Gasteiger partial charge in [-0.1, -0.05) is 54.3 Å². The Morgan fingerprint density at radius 2 is 1.72 bits per heavy atom. The van der Waals surface area contributed by atoms with E-state index in [0.29, 0.717) is 0 Å². The van der Waals surface area contributed by atoms with Gasteiger partial charge < -0.3 is 0 Å². The zero-order chi connectivity index (χ0) is 12.2. The van der Waals surface area contributed by atoms with Crippen LogP contribution in [0, 0.1) is 11.8 Å². The Labute approximate surface area is 108 Å². The quantitative estimate of drug-likeness (QED) is 0.690. The fourth-order valence-corrected chi connectivity index (χ4v) is 2.31. The fourth-order valence-electron chi connectivity index (χ4n) is 2.31. The Morgan fingerprint density at radius 1 is 0.944 bits per heavy atom. The van der Waals surface area contributed by atoms with E-state index in [1.54, 1.807) is 0 Å².